The number of hydrogen-bond donors (Lipinski definition) is 1. The quantitative estimate of drug-likeness (QED) is 0.911. The highest BCUT2D eigenvalue weighted by Gasteiger charge is 2.44. The third-order valence-electron chi connectivity index (χ3n) is 5.45. The van der Waals surface area contributed by atoms with Gasteiger partial charge < -0.3 is 14.7 Å². The summed E-state index contributed by atoms with van der Waals surface area (Å²) in [6, 6.07) is 2.06. The molecule has 1 N–H and O–H groups in total. The van der Waals surface area contributed by atoms with E-state index in [1.54, 1.807) is 0 Å². The molecule has 0 saturated carbocycles. The Kier molecular flexibility index (Phi) is 5.25. The molecule has 0 aromatic carbocycles. The molecule has 6 heteroatoms. The number of nitrogens with zero attached hydrogens (tertiary/aromatic N) is 3. The number of amides is 1. The van der Waals surface area contributed by atoms with E-state index in [0.29, 0.717) is 19.5 Å². The van der Waals surface area contributed by atoms with Crippen LogP contribution in [0.1, 0.15) is 49.9 Å². The van der Waals surface area contributed by atoms with Gasteiger partial charge >= 0.3 is 0 Å². The minimum Gasteiger partial charge on any atom is -0.390 e. The van der Waals surface area contributed by atoms with Gasteiger partial charge in [-0.05, 0) is 52.0 Å². The summed E-state index contributed by atoms with van der Waals surface area (Å²) < 4.78 is 7.87. The number of aromatic nitrogens is 2. The maximum atomic E-state index is 12.4. The predicted octanol–water partition coefficient (Wildman–Crippen LogP) is 1.81. The van der Waals surface area contributed by atoms with Crippen LogP contribution in [0.25, 0.3) is 0 Å². The molecule has 134 valence electrons. The molecule has 1 aromatic heterocycles. The van der Waals surface area contributed by atoms with Crippen molar-refractivity contribution >= 4 is 5.91 Å². The van der Waals surface area contributed by atoms with E-state index in [2.05, 4.69) is 11.2 Å². The van der Waals surface area contributed by atoms with Gasteiger partial charge in [-0.15, -0.1) is 0 Å². The highest BCUT2D eigenvalue weighted by Crippen LogP contribution is 2.35. The van der Waals surface area contributed by atoms with Gasteiger partial charge in [0, 0.05) is 38.4 Å². The number of likely N-dealkylation sites (tertiary alicyclic amines) is 1. The molecule has 1 amide bonds. The van der Waals surface area contributed by atoms with Crippen molar-refractivity contribution in [3.63, 3.8) is 0 Å². The zero-order valence-electron chi connectivity index (χ0n) is 14.8. The molecule has 1 aromatic rings. The number of rotatable bonds is 4. The molecule has 1 atom stereocenters. The van der Waals surface area contributed by atoms with Gasteiger partial charge in [0.25, 0.3) is 0 Å². The first-order valence-corrected chi connectivity index (χ1v) is 9.11. The highest BCUT2D eigenvalue weighted by molar-refractivity contribution is 5.76. The number of hydrogen-bond acceptors (Lipinski definition) is 4. The Morgan fingerprint density at radius 3 is 2.79 bits per heavy atom. The molecular formula is C18H29N3O3. The van der Waals surface area contributed by atoms with Crippen molar-refractivity contribution in [1.82, 2.24) is 14.7 Å². The van der Waals surface area contributed by atoms with Crippen LogP contribution in [0.2, 0.25) is 0 Å². The van der Waals surface area contributed by atoms with Crippen LogP contribution in [0.3, 0.4) is 0 Å². The summed E-state index contributed by atoms with van der Waals surface area (Å²) in [5.41, 5.74) is 1.76. The van der Waals surface area contributed by atoms with Crippen molar-refractivity contribution in [3.05, 3.63) is 17.5 Å². The van der Waals surface area contributed by atoms with E-state index >= 15 is 0 Å². The number of aliphatic hydroxyl groups is 1. The Labute approximate surface area is 143 Å². The van der Waals surface area contributed by atoms with Gasteiger partial charge in [-0.25, -0.2) is 0 Å². The Hall–Kier alpha value is -1.40. The molecule has 1 unspecified atom stereocenters. The van der Waals surface area contributed by atoms with Gasteiger partial charge in [-0.3, -0.25) is 9.48 Å². The largest absolute Gasteiger partial charge is 0.390 e. The van der Waals surface area contributed by atoms with E-state index in [4.69, 9.17) is 4.74 Å². The number of aliphatic hydroxyl groups excluding tert-OH is 1. The molecule has 24 heavy (non-hydrogen) atoms. The van der Waals surface area contributed by atoms with Gasteiger partial charge in [-0.2, -0.15) is 5.10 Å². The standard InChI is InChI=1S/C18H29N3O3/c1-14-13-15(2)21(19-14)9-3-6-17(23)20-10-7-18(8-11-20)16(22)5-4-12-24-18/h13,16,22H,3-12H2,1-2H3. The van der Waals surface area contributed by atoms with Crippen LogP contribution in [-0.4, -0.2) is 57.1 Å². The van der Waals surface area contributed by atoms with Crippen LogP contribution in [0.15, 0.2) is 6.07 Å². The van der Waals surface area contributed by atoms with Crippen molar-refractivity contribution in [3.8, 4) is 0 Å². The first kappa shape index (κ1) is 17.4. The second-order valence-electron chi connectivity index (χ2n) is 7.21. The zero-order valence-corrected chi connectivity index (χ0v) is 14.8. The average molecular weight is 335 g/mol. The van der Waals surface area contributed by atoms with E-state index < -0.39 is 5.60 Å². The molecule has 0 aliphatic carbocycles. The van der Waals surface area contributed by atoms with Gasteiger partial charge in [0.2, 0.25) is 5.91 Å². The minimum absolute atomic E-state index is 0.205. The monoisotopic (exact) mass is 335 g/mol. The van der Waals surface area contributed by atoms with Crippen molar-refractivity contribution < 1.29 is 14.6 Å². The van der Waals surface area contributed by atoms with Crippen LogP contribution in [0.5, 0.6) is 0 Å². The van der Waals surface area contributed by atoms with Crippen molar-refractivity contribution in [1.29, 1.82) is 0 Å². The molecule has 6 nitrogen and oxygen atoms in total. The summed E-state index contributed by atoms with van der Waals surface area (Å²) in [5, 5.41) is 14.7. The summed E-state index contributed by atoms with van der Waals surface area (Å²) in [6.45, 7) is 6.92. The van der Waals surface area contributed by atoms with Crippen LogP contribution >= 0.6 is 0 Å². The van der Waals surface area contributed by atoms with Crippen molar-refractivity contribution in [2.24, 2.45) is 0 Å². The fraction of sp³-hybridized carbons (Fsp3) is 0.778. The van der Waals surface area contributed by atoms with Crippen LogP contribution in [-0.2, 0) is 16.1 Å². The molecule has 3 rings (SSSR count). The number of carbonyl (C=O) groups excluding carboxylic acids is 1. The van der Waals surface area contributed by atoms with Gasteiger partial charge in [0.1, 0.15) is 0 Å². The van der Waals surface area contributed by atoms with Crippen molar-refractivity contribution in [2.75, 3.05) is 19.7 Å². The topological polar surface area (TPSA) is 67.6 Å². The van der Waals surface area contributed by atoms with Crippen LogP contribution < -0.4 is 0 Å². The van der Waals surface area contributed by atoms with Gasteiger partial charge in [0.15, 0.2) is 0 Å². The maximum Gasteiger partial charge on any atom is 0.222 e. The number of ether oxygens (including phenoxy) is 1. The van der Waals surface area contributed by atoms with Crippen molar-refractivity contribution in [2.45, 2.75) is 70.6 Å². The summed E-state index contributed by atoms with van der Waals surface area (Å²) in [5.74, 6) is 0.205. The van der Waals surface area contributed by atoms with E-state index in [0.717, 1.165) is 56.6 Å². The van der Waals surface area contributed by atoms with E-state index in [9.17, 15) is 9.90 Å². The maximum absolute atomic E-state index is 12.4. The normalized spacial score (nSPS) is 23.6. The first-order valence-electron chi connectivity index (χ1n) is 9.11. The zero-order chi connectivity index (χ0) is 17.2. The lowest BCUT2D eigenvalue weighted by Gasteiger charge is -2.46. The summed E-state index contributed by atoms with van der Waals surface area (Å²) >= 11 is 0. The molecular weight excluding hydrogens is 306 g/mol. The second-order valence-corrected chi connectivity index (χ2v) is 7.21. The highest BCUT2D eigenvalue weighted by atomic mass is 16.5. The third kappa shape index (κ3) is 3.64. The molecule has 1 spiro atoms. The SMILES string of the molecule is Cc1cc(C)n(CCCC(=O)N2CCC3(CC2)OCCCC3O)n1. The molecule has 2 aliphatic rings. The van der Waals surface area contributed by atoms with E-state index in [1.165, 1.54) is 0 Å². The number of aryl methyl sites for hydroxylation is 3. The molecule has 2 saturated heterocycles. The molecule has 3 heterocycles. The summed E-state index contributed by atoms with van der Waals surface area (Å²) in [4.78, 5) is 14.4. The smallest absolute Gasteiger partial charge is 0.222 e. The Morgan fingerprint density at radius 1 is 1.42 bits per heavy atom. The lowest BCUT2D eigenvalue weighted by atomic mass is 9.82. The number of carbonyl (C=O) groups is 1. The summed E-state index contributed by atoms with van der Waals surface area (Å²) in [7, 11) is 0. The third-order valence-corrected chi connectivity index (χ3v) is 5.45. The lowest BCUT2D eigenvalue weighted by Crippen LogP contribution is -2.56. The predicted molar refractivity (Wildman–Crippen MR) is 90.7 cm³/mol. The molecule has 0 bridgehead atoms. The molecule has 2 fully saturated rings. The minimum atomic E-state index is -0.404. The summed E-state index contributed by atoms with van der Waals surface area (Å²) in [6.07, 6.45) is 4.22. The average Bonchev–Trinajstić information content (AvgIpc) is 2.89. The Balaban J connectivity index is 1.44. The van der Waals surface area contributed by atoms with Gasteiger partial charge in [-0.1, -0.05) is 0 Å². The second kappa shape index (κ2) is 7.23. The molecule has 2 aliphatic heterocycles. The Morgan fingerprint density at radius 2 is 2.17 bits per heavy atom. The van der Waals surface area contributed by atoms with Gasteiger partial charge in [0.05, 0.1) is 17.4 Å². The lowest BCUT2D eigenvalue weighted by molar-refractivity contribution is -0.179. The number of piperidine rings is 1. The molecule has 0 radical (unpaired) electrons. The Bertz CT molecular complexity index is 576. The van der Waals surface area contributed by atoms with Crippen LogP contribution in [0.4, 0.5) is 0 Å². The van der Waals surface area contributed by atoms with E-state index in [-0.39, 0.29) is 12.0 Å². The van der Waals surface area contributed by atoms with E-state index in [1.807, 2.05) is 23.4 Å². The fourth-order valence-electron chi connectivity index (χ4n) is 3.96. The fourth-order valence-corrected chi connectivity index (χ4v) is 3.96. The van der Waals surface area contributed by atoms with Crippen LogP contribution in [0, 0.1) is 13.8 Å². The first-order chi connectivity index (χ1) is 11.5.